The average molecular weight is 370 g/mol. The van der Waals surface area contributed by atoms with Gasteiger partial charge in [0.15, 0.2) is 5.96 Å². The van der Waals surface area contributed by atoms with Gasteiger partial charge in [0.25, 0.3) is 0 Å². The van der Waals surface area contributed by atoms with Crippen LogP contribution in [0.3, 0.4) is 0 Å². The number of aromatic nitrogens is 1. The number of rotatable bonds is 6. The molecule has 1 N–H and O–H groups in total. The molecule has 0 aromatic carbocycles. The van der Waals surface area contributed by atoms with Gasteiger partial charge in [-0.05, 0) is 12.5 Å². The third-order valence-corrected chi connectivity index (χ3v) is 4.48. The standard InChI is InChI=1S/C17H28ClN5O2/c1-21(2)16(24)9-20-17(19-8-13-5-6-25-12-13)23(4)11-15-7-14(18)10-22(15)3/h7,10,13H,5-6,8-9,11-12H2,1-4H3,(H,19,20). The van der Waals surface area contributed by atoms with Crippen molar-refractivity contribution >= 4 is 23.5 Å². The van der Waals surface area contributed by atoms with Crippen LogP contribution in [0.15, 0.2) is 17.3 Å². The number of hydrogen-bond donors (Lipinski definition) is 1. The summed E-state index contributed by atoms with van der Waals surface area (Å²) in [4.78, 5) is 19.9. The summed E-state index contributed by atoms with van der Waals surface area (Å²) in [7, 11) is 7.38. The Morgan fingerprint density at radius 2 is 2.24 bits per heavy atom. The first-order valence-electron chi connectivity index (χ1n) is 8.45. The van der Waals surface area contributed by atoms with Crippen LogP contribution in [-0.4, -0.2) is 73.7 Å². The molecule has 1 aliphatic heterocycles. The fourth-order valence-electron chi connectivity index (χ4n) is 2.62. The Balaban J connectivity index is 2.03. The summed E-state index contributed by atoms with van der Waals surface area (Å²) in [5.74, 6) is 1.16. The molecular formula is C17H28ClN5O2. The van der Waals surface area contributed by atoms with E-state index in [0.29, 0.717) is 23.4 Å². The Hall–Kier alpha value is -1.73. The highest BCUT2D eigenvalue weighted by Crippen LogP contribution is 2.14. The number of ether oxygens (including phenoxy) is 1. The maximum Gasteiger partial charge on any atom is 0.243 e. The van der Waals surface area contributed by atoms with Crippen LogP contribution in [0.5, 0.6) is 0 Å². The van der Waals surface area contributed by atoms with E-state index in [-0.39, 0.29) is 12.5 Å². The van der Waals surface area contributed by atoms with E-state index < -0.39 is 0 Å². The van der Waals surface area contributed by atoms with Gasteiger partial charge < -0.3 is 24.4 Å². The quantitative estimate of drug-likeness (QED) is 0.604. The number of carbonyl (C=O) groups is 1. The van der Waals surface area contributed by atoms with Crippen LogP contribution in [-0.2, 0) is 23.1 Å². The molecule has 7 nitrogen and oxygen atoms in total. The lowest BCUT2D eigenvalue weighted by atomic mass is 10.1. The Morgan fingerprint density at radius 3 is 2.80 bits per heavy atom. The van der Waals surface area contributed by atoms with Crippen LogP contribution in [0.1, 0.15) is 12.1 Å². The number of carbonyl (C=O) groups excluding carboxylic acids is 1. The zero-order valence-corrected chi connectivity index (χ0v) is 16.2. The fraction of sp³-hybridized carbons (Fsp3) is 0.647. The summed E-state index contributed by atoms with van der Waals surface area (Å²) >= 11 is 6.06. The van der Waals surface area contributed by atoms with E-state index in [2.05, 4.69) is 10.3 Å². The first-order valence-corrected chi connectivity index (χ1v) is 8.82. The van der Waals surface area contributed by atoms with Crippen molar-refractivity contribution in [1.82, 2.24) is 19.7 Å². The van der Waals surface area contributed by atoms with Crippen LogP contribution in [0.25, 0.3) is 0 Å². The van der Waals surface area contributed by atoms with Crippen LogP contribution >= 0.6 is 11.6 Å². The summed E-state index contributed by atoms with van der Waals surface area (Å²) in [6, 6.07) is 1.94. The number of nitrogens with zero attached hydrogens (tertiary/aromatic N) is 4. The number of aryl methyl sites for hydroxylation is 1. The minimum atomic E-state index is -0.0289. The minimum Gasteiger partial charge on any atom is -0.381 e. The maximum atomic E-state index is 11.9. The molecule has 0 bridgehead atoms. The second kappa shape index (κ2) is 9.10. The number of hydrogen-bond acceptors (Lipinski definition) is 3. The van der Waals surface area contributed by atoms with Crippen LogP contribution < -0.4 is 5.32 Å². The van der Waals surface area contributed by atoms with Gasteiger partial charge in [0, 0.05) is 59.2 Å². The third kappa shape index (κ3) is 5.93. The lowest BCUT2D eigenvalue weighted by Gasteiger charge is -2.24. The van der Waals surface area contributed by atoms with Crippen LogP contribution in [0.4, 0.5) is 0 Å². The second-order valence-electron chi connectivity index (χ2n) is 6.66. The summed E-state index contributed by atoms with van der Waals surface area (Å²) in [6.45, 7) is 3.14. The van der Waals surface area contributed by atoms with Gasteiger partial charge in [0.05, 0.1) is 18.2 Å². The molecule has 1 aliphatic rings. The molecule has 1 fully saturated rings. The molecule has 1 aromatic heterocycles. The molecule has 0 spiro atoms. The van der Waals surface area contributed by atoms with Crippen molar-refractivity contribution in [3.63, 3.8) is 0 Å². The predicted molar refractivity (Wildman–Crippen MR) is 99.8 cm³/mol. The van der Waals surface area contributed by atoms with Gasteiger partial charge in [0.1, 0.15) is 6.54 Å². The van der Waals surface area contributed by atoms with E-state index in [1.165, 1.54) is 0 Å². The molecule has 2 heterocycles. The van der Waals surface area contributed by atoms with Gasteiger partial charge in [-0.25, -0.2) is 4.99 Å². The van der Waals surface area contributed by atoms with Gasteiger partial charge in [-0.3, -0.25) is 4.79 Å². The number of aliphatic imine (C=N–C) groups is 1. The third-order valence-electron chi connectivity index (χ3n) is 4.27. The molecular weight excluding hydrogens is 342 g/mol. The molecule has 1 unspecified atom stereocenters. The number of nitrogens with one attached hydrogen (secondary N) is 1. The number of halogens is 1. The molecule has 1 atom stereocenters. The molecule has 1 aromatic rings. The van der Waals surface area contributed by atoms with E-state index >= 15 is 0 Å². The lowest BCUT2D eigenvalue weighted by Crippen LogP contribution is -2.42. The molecule has 8 heteroatoms. The van der Waals surface area contributed by atoms with Gasteiger partial charge in [-0.15, -0.1) is 0 Å². The van der Waals surface area contributed by atoms with E-state index in [1.54, 1.807) is 19.0 Å². The molecule has 25 heavy (non-hydrogen) atoms. The Labute approximate surface area is 154 Å². The molecule has 2 rings (SSSR count). The number of likely N-dealkylation sites (N-methyl/N-ethyl adjacent to an activating group) is 1. The molecule has 0 radical (unpaired) electrons. The Kier molecular flexibility index (Phi) is 7.13. The van der Waals surface area contributed by atoms with Crippen LogP contribution in [0, 0.1) is 5.92 Å². The summed E-state index contributed by atoms with van der Waals surface area (Å²) in [6.07, 6.45) is 2.93. The van der Waals surface area contributed by atoms with Gasteiger partial charge in [-0.2, -0.15) is 0 Å². The van der Waals surface area contributed by atoms with Crippen LogP contribution in [0.2, 0.25) is 5.02 Å². The summed E-state index contributed by atoms with van der Waals surface area (Å²) in [5, 5.41) is 4.10. The van der Waals surface area contributed by atoms with Gasteiger partial charge in [0.2, 0.25) is 5.91 Å². The van der Waals surface area contributed by atoms with Gasteiger partial charge in [-0.1, -0.05) is 11.6 Å². The first-order chi connectivity index (χ1) is 11.9. The van der Waals surface area contributed by atoms with Crippen molar-refractivity contribution in [3.05, 3.63) is 23.0 Å². The van der Waals surface area contributed by atoms with Crippen molar-refractivity contribution in [2.45, 2.75) is 13.0 Å². The molecule has 140 valence electrons. The van der Waals surface area contributed by atoms with E-state index in [1.807, 2.05) is 35.8 Å². The minimum absolute atomic E-state index is 0.0289. The number of guanidine groups is 1. The second-order valence-corrected chi connectivity index (χ2v) is 7.09. The Bertz CT molecular complexity index is 608. The normalized spacial score (nSPS) is 17.6. The fourth-order valence-corrected chi connectivity index (χ4v) is 2.89. The molecule has 0 aliphatic carbocycles. The van der Waals surface area contributed by atoms with Crippen molar-refractivity contribution < 1.29 is 9.53 Å². The lowest BCUT2D eigenvalue weighted by molar-refractivity contribution is -0.127. The molecule has 0 saturated carbocycles. The first kappa shape index (κ1) is 19.6. The highest BCUT2D eigenvalue weighted by molar-refractivity contribution is 6.30. The topological polar surface area (TPSA) is 62.1 Å². The Morgan fingerprint density at radius 1 is 1.48 bits per heavy atom. The average Bonchev–Trinajstić information content (AvgIpc) is 3.16. The zero-order valence-electron chi connectivity index (χ0n) is 15.5. The monoisotopic (exact) mass is 369 g/mol. The van der Waals surface area contributed by atoms with Crippen molar-refractivity contribution in [2.24, 2.45) is 18.0 Å². The van der Waals surface area contributed by atoms with E-state index in [4.69, 9.17) is 16.3 Å². The maximum absolute atomic E-state index is 11.9. The van der Waals surface area contributed by atoms with Crippen molar-refractivity contribution in [1.29, 1.82) is 0 Å². The highest BCUT2D eigenvalue weighted by atomic mass is 35.5. The van der Waals surface area contributed by atoms with Crippen molar-refractivity contribution in [3.8, 4) is 0 Å². The summed E-state index contributed by atoms with van der Waals surface area (Å²) in [5.41, 5.74) is 1.07. The SMILES string of the molecule is CN(C)C(=O)CN=C(NCC1CCOC1)N(C)Cc1cc(Cl)cn1C. The zero-order chi connectivity index (χ0) is 18.4. The van der Waals surface area contributed by atoms with Gasteiger partial charge >= 0.3 is 0 Å². The predicted octanol–water partition coefficient (Wildman–Crippen LogP) is 1.18. The highest BCUT2D eigenvalue weighted by Gasteiger charge is 2.18. The number of amides is 1. The molecule has 1 amide bonds. The molecule has 1 saturated heterocycles. The smallest absolute Gasteiger partial charge is 0.243 e. The summed E-state index contributed by atoms with van der Waals surface area (Å²) < 4.78 is 7.41. The van der Waals surface area contributed by atoms with Crippen molar-refractivity contribution in [2.75, 3.05) is 47.4 Å². The van der Waals surface area contributed by atoms with E-state index in [9.17, 15) is 4.79 Å². The largest absolute Gasteiger partial charge is 0.381 e. The van der Waals surface area contributed by atoms with E-state index in [0.717, 1.165) is 31.9 Å².